The number of benzene rings is 2. The molecule has 2 N–H and O–H groups in total. The number of carbonyl (C=O) groups is 1. The molecule has 1 atom stereocenters. The lowest BCUT2D eigenvalue weighted by Crippen LogP contribution is -2.47. The second kappa shape index (κ2) is 6.59. The Morgan fingerprint density at radius 3 is 2.56 bits per heavy atom. The third kappa shape index (κ3) is 3.36. The first-order chi connectivity index (χ1) is 11.9. The highest BCUT2D eigenvalue weighted by atomic mass is 16.5. The molecule has 25 heavy (non-hydrogen) atoms. The van der Waals surface area contributed by atoms with E-state index >= 15 is 0 Å². The number of rotatable bonds is 4. The van der Waals surface area contributed by atoms with Crippen molar-refractivity contribution in [3.63, 3.8) is 0 Å². The van der Waals surface area contributed by atoms with Gasteiger partial charge in [-0.3, -0.25) is 9.69 Å². The van der Waals surface area contributed by atoms with Crippen LogP contribution in [0, 0.1) is 0 Å². The van der Waals surface area contributed by atoms with Crippen LogP contribution < -0.4 is 10.5 Å². The van der Waals surface area contributed by atoms with Crippen LogP contribution in [0.1, 0.15) is 25.8 Å². The molecule has 0 bridgehead atoms. The van der Waals surface area contributed by atoms with Gasteiger partial charge in [-0.1, -0.05) is 30.3 Å². The molecule has 0 aliphatic carbocycles. The predicted octanol–water partition coefficient (Wildman–Crippen LogP) is 3.14. The minimum Gasteiger partial charge on any atom is -0.494 e. The van der Waals surface area contributed by atoms with Gasteiger partial charge in [-0.05, 0) is 48.7 Å². The zero-order valence-corrected chi connectivity index (χ0v) is 14.8. The zero-order valence-electron chi connectivity index (χ0n) is 14.8. The van der Waals surface area contributed by atoms with Gasteiger partial charge in [-0.15, -0.1) is 0 Å². The van der Waals surface area contributed by atoms with Crippen molar-refractivity contribution in [1.29, 1.82) is 0 Å². The molecule has 1 aliphatic rings. The van der Waals surface area contributed by atoms with Crippen LogP contribution in [0.25, 0.3) is 11.1 Å². The molecule has 0 radical (unpaired) electrons. The normalized spacial score (nSPS) is 20.4. The van der Waals surface area contributed by atoms with E-state index in [1.807, 2.05) is 56.3 Å². The standard InChI is InChI=1S/C20H23N3O2/c1-4-25-17-10-8-14(9-11-17)15-6-5-7-16(12-15)20(2)13-18(24)23(3)19(21)22-20/h5-12H,4,13H2,1-3H3,(H2,21,22). The first-order valence-corrected chi connectivity index (χ1v) is 8.38. The molecule has 0 spiro atoms. The van der Waals surface area contributed by atoms with E-state index in [-0.39, 0.29) is 11.9 Å². The van der Waals surface area contributed by atoms with E-state index in [1.54, 1.807) is 7.05 Å². The second-order valence-corrected chi connectivity index (χ2v) is 6.41. The molecule has 2 aromatic carbocycles. The maximum atomic E-state index is 12.2. The number of aliphatic imine (C=N–C) groups is 1. The van der Waals surface area contributed by atoms with Crippen LogP contribution in [0.15, 0.2) is 53.5 Å². The van der Waals surface area contributed by atoms with Gasteiger partial charge >= 0.3 is 0 Å². The Morgan fingerprint density at radius 1 is 1.20 bits per heavy atom. The molecule has 2 aromatic rings. The summed E-state index contributed by atoms with van der Waals surface area (Å²) in [4.78, 5) is 18.2. The summed E-state index contributed by atoms with van der Waals surface area (Å²) in [5.41, 5.74) is 8.41. The van der Waals surface area contributed by atoms with Crippen molar-refractivity contribution >= 4 is 11.9 Å². The predicted molar refractivity (Wildman–Crippen MR) is 99.4 cm³/mol. The number of hydrogen-bond acceptors (Lipinski definition) is 4. The van der Waals surface area contributed by atoms with E-state index in [0.717, 1.165) is 22.4 Å². The summed E-state index contributed by atoms with van der Waals surface area (Å²) in [6.07, 6.45) is 0.303. The molecule has 1 amide bonds. The van der Waals surface area contributed by atoms with Crippen molar-refractivity contribution in [2.75, 3.05) is 13.7 Å². The van der Waals surface area contributed by atoms with Gasteiger partial charge in [0.1, 0.15) is 5.75 Å². The summed E-state index contributed by atoms with van der Waals surface area (Å²) in [5, 5.41) is 0. The van der Waals surface area contributed by atoms with Crippen molar-refractivity contribution in [3.8, 4) is 16.9 Å². The van der Waals surface area contributed by atoms with Crippen LogP contribution in [-0.2, 0) is 10.3 Å². The highest BCUT2D eigenvalue weighted by Gasteiger charge is 2.36. The van der Waals surface area contributed by atoms with Crippen molar-refractivity contribution < 1.29 is 9.53 Å². The SMILES string of the molecule is CCOc1ccc(-c2cccc(C3(C)CC(=O)N(C)C(N)=N3)c2)cc1. The van der Waals surface area contributed by atoms with Crippen LogP contribution in [0.5, 0.6) is 5.75 Å². The third-order valence-corrected chi connectivity index (χ3v) is 4.56. The van der Waals surface area contributed by atoms with Crippen molar-refractivity contribution in [2.45, 2.75) is 25.8 Å². The Bertz CT molecular complexity index is 814. The quantitative estimate of drug-likeness (QED) is 0.932. The van der Waals surface area contributed by atoms with Gasteiger partial charge in [0.25, 0.3) is 0 Å². The summed E-state index contributed by atoms with van der Waals surface area (Å²) in [7, 11) is 1.65. The molecule has 5 heteroatoms. The largest absolute Gasteiger partial charge is 0.494 e. The van der Waals surface area contributed by atoms with Crippen LogP contribution in [0.4, 0.5) is 0 Å². The number of nitrogens with two attached hydrogens (primary N) is 1. The average molecular weight is 337 g/mol. The minimum atomic E-state index is -0.644. The Morgan fingerprint density at radius 2 is 1.92 bits per heavy atom. The number of nitrogens with zero attached hydrogens (tertiary/aromatic N) is 2. The van der Waals surface area contributed by atoms with Crippen molar-refractivity contribution in [2.24, 2.45) is 10.7 Å². The fourth-order valence-corrected chi connectivity index (χ4v) is 3.02. The smallest absolute Gasteiger partial charge is 0.231 e. The summed E-state index contributed by atoms with van der Waals surface area (Å²) >= 11 is 0. The molecule has 1 unspecified atom stereocenters. The molecule has 1 aliphatic heterocycles. The molecular formula is C20H23N3O2. The lowest BCUT2D eigenvalue weighted by molar-refractivity contribution is -0.128. The fourth-order valence-electron chi connectivity index (χ4n) is 3.02. The molecule has 5 nitrogen and oxygen atoms in total. The first kappa shape index (κ1) is 17.0. The van der Waals surface area contributed by atoms with E-state index < -0.39 is 5.54 Å². The first-order valence-electron chi connectivity index (χ1n) is 8.38. The molecule has 3 rings (SSSR count). The molecule has 130 valence electrons. The highest BCUT2D eigenvalue weighted by Crippen LogP contribution is 2.35. The van der Waals surface area contributed by atoms with E-state index in [4.69, 9.17) is 10.5 Å². The molecule has 0 fully saturated rings. The van der Waals surface area contributed by atoms with E-state index in [2.05, 4.69) is 11.1 Å². The van der Waals surface area contributed by atoms with Crippen LogP contribution in [0.2, 0.25) is 0 Å². The Balaban J connectivity index is 1.95. The van der Waals surface area contributed by atoms with Crippen LogP contribution in [-0.4, -0.2) is 30.4 Å². The molecule has 0 aromatic heterocycles. The van der Waals surface area contributed by atoms with Gasteiger partial charge in [0, 0.05) is 7.05 Å². The van der Waals surface area contributed by atoms with E-state index in [9.17, 15) is 4.79 Å². The average Bonchev–Trinajstić information content (AvgIpc) is 2.61. The molecule has 0 saturated heterocycles. The summed E-state index contributed by atoms with van der Waals surface area (Å²) in [6, 6.07) is 16.1. The Labute approximate surface area is 148 Å². The maximum absolute atomic E-state index is 12.2. The summed E-state index contributed by atoms with van der Waals surface area (Å²) < 4.78 is 5.49. The number of carbonyl (C=O) groups excluding carboxylic acids is 1. The summed E-state index contributed by atoms with van der Waals surface area (Å²) in [5.74, 6) is 1.08. The Hall–Kier alpha value is -2.82. The van der Waals surface area contributed by atoms with Gasteiger partial charge in [0.05, 0.1) is 18.6 Å². The maximum Gasteiger partial charge on any atom is 0.231 e. The van der Waals surface area contributed by atoms with E-state index in [0.29, 0.717) is 13.0 Å². The monoisotopic (exact) mass is 337 g/mol. The topological polar surface area (TPSA) is 67.9 Å². The zero-order chi connectivity index (χ0) is 18.0. The van der Waals surface area contributed by atoms with Gasteiger partial charge < -0.3 is 10.5 Å². The van der Waals surface area contributed by atoms with Crippen LogP contribution >= 0.6 is 0 Å². The number of amides is 1. The van der Waals surface area contributed by atoms with Crippen LogP contribution in [0.3, 0.4) is 0 Å². The second-order valence-electron chi connectivity index (χ2n) is 6.41. The third-order valence-electron chi connectivity index (χ3n) is 4.56. The number of ether oxygens (including phenoxy) is 1. The summed E-state index contributed by atoms with van der Waals surface area (Å²) in [6.45, 7) is 4.56. The van der Waals surface area contributed by atoms with E-state index in [1.165, 1.54) is 4.90 Å². The van der Waals surface area contributed by atoms with Crippen molar-refractivity contribution in [3.05, 3.63) is 54.1 Å². The molecule has 0 saturated carbocycles. The fraction of sp³-hybridized carbons (Fsp3) is 0.300. The lowest BCUT2D eigenvalue weighted by Gasteiger charge is -2.33. The van der Waals surface area contributed by atoms with Gasteiger partial charge in [0.15, 0.2) is 5.96 Å². The lowest BCUT2D eigenvalue weighted by atomic mass is 9.86. The van der Waals surface area contributed by atoms with Gasteiger partial charge in [-0.2, -0.15) is 0 Å². The molecular weight excluding hydrogens is 314 g/mol. The van der Waals surface area contributed by atoms with Gasteiger partial charge in [-0.25, -0.2) is 4.99 Å². The Kier molecular flexibility index (Phi) is 4.49. The van der Waals surface area contributed by atoms with Crippen molar-refractivity contribution in [1.82, 2.24) is 4.90 Å². The number of hydrogen-bond donors (Lipinski definition) is 1. The number of guanidine groups is 1. The highest BCUT2D eigenvalue weighted by molar-refractivity contribution is 5.98. The minimum absolute atomic E-state index is 0.0264. The van der Waals surface area contributed by atoms with Gasteiger partial charge in [0.2, 0.25) is 5.91 Å². The molecule has 1 heterocycles.